The van der Waals surface area contributed by atoms with Gasteiger partial charge in [-0.05, 0) is 30.7 Å². The van der Waals surface area contributed by atoms with E-state index in [1.165, 1.54) is 0 Å². The third kappa shape index (κ3) is 2.18. The number of nitrogens with zero attached hydrogens (tertiary/aromatic N) is 3. The Morgan fingerprint density at radius 2 is 1.95 bits per heavy atom. The lowest BCUT2D eigenvalue weighted by atomic mass is 10.2. The van der Waals surface area contributed by atoms with Gasteiger partial charge in [-0.1, -0.05) is 25.1 Å². The lowest BCUT2D eigenvalue weighted by Crippen LogP contribution is -2.19. The number of imidazole rings is 1. The van der Waals surface area contributed by atoms with Gasteiger partial charge in [-0.2, -0.15) is 0 Å². The number of nitrogens with two attached hydrogens (primary N) is 1. The number of aromatic nitrogens is 3. The summed E-state index contributed by atoms with van der Waals surface area (Å²) >= 11 is 0. The van der Waals surface area contributed by atoms with E-state index in [0.29, 0.717) is 0 Å². The van der Waals surface area contributed by atoms with Crippen LogP contribution < -0.4 is 5.73 Å². The van der Waals surface area contributed by atoms with Gasteiger partial charge in [-0.15, -0.1) is 0 Å². The topological polar surface area (TPSA) is 56.7 Å². The molecule has 20 heavy (non-hydrogen) atoms. The van der Waals surface area contributed by atoms with E-state index in [9.17, 15) is 0 Å². The summed E-state index contributed by atoms with van der Waals surface area (Å²) in [5.41, 5.74) is 9.34. The van der Waals surface area contributed by atoms with E-state index in [1.54, 1.807) is 6.20 Å². The first-order valence-corrected chi connectivity index (χ1v) is 6.93. The highest BCUT2D eigenvalue weighted by Gasteiger charge is 2.18. The Labute approximate surface area is 118 Å². The van der Waals surface area contributed by atoms with E-state index in [0.717, 1.165) is 35.5 Å². The Balaban J connectivity index is 2.12. The minimum absolute atomic E-state index is 0.296. The van der Waals surface area contributed by atoms with Gasteiger partial charge in [-0.3, -0.25) is 4.98 Å². The largest absolute Gasteiger partial charge is 0.326 e. The number of fused-ring (bicyclic) bond motifs is 1. The highest BCUT2D eigenvalue weighted by molar-refractivity contribution is 5.76. The first-order chi connectivity index (χ1) is 9.81. The molecule has 0 fully saturated rings. The van der Waals surface area contributed by atoms with E-state index in [-0.39, 0.29) is 6.04 Å². The van der Waals surface area contributed by atoms with Crippen molar-refractivity contribution in [3.63, 3.8) is 0 Å². The fourth-order valence-corrected chi connectivity index (χ4v) is 2.48. The van der Waals surface area contributed by atoms with Crippen molar-refractivity contribution in [2.24, 2.45) is 5.73 Å². The number of pyridine rings is 1. The lowest BCUT2D eigenvalue weighted by molar-refractivity contribution is 0.621. The van der Waals surface area contributed by atoms with E-state index >= 15 is 0 Å². The molecule has 0 aliphatic carbocycles. The van der Waals surface area contributed by atoms with Crippen molar-refractivity contribution in [3.8, 4) is 0 Å². The van der Waals surface area contributed by atoms with Crippen LogP contribution in [0.3, 0.4) is 0 Å². The minimum Gasteiger partial charge on any atom is -0.326 e. The Bertz CT molecular complexity index is 703. The SMILES string of the molecule is CCCn1c(C(N)c2ccccn2)nc2ccccc21. The van der Waals surface area contributed by atoms with Crippen molar-refractivity contribution in [2.75, 3.05) is 0 Å². The summed E-state index contributed by atoms with van der Waals surface area (Å²) in [6.45, 7) is 3.07. The Kier molecular flexibility index (Phi) is 3.48. The van der Waals surface area contributed by atoms with Crippen LogP contribution in [0.1, 0.15) is 30.9 Å². The van der Waals surface area contributed by atoms with Crippen LogP contribution in [-0.2, 0) is 6.54 Å². The Morgan fingerprint density at radius 1 is 1.15 bits per heavy atom. The summed E-state index contributed by atoms with van der Waals surface area (Å²) in [6, 6.07) is 13.6. The van der Waals surface area contributed by atoms with Crippen LogP contribution in [0.5, 0.6) is 0 Å². The predicted molar refractivity (Wildman–Crippen MR) is 80.3 cm³/mol. The van der Waals surface area contributed by atoms with Gasteiger partial charge in [0.15, 0.2) is 0 Å². The third-order valence-corrected chi connectivity index (χ3v) is 3.42. The van der Waals surface area contributed by atoms with Gasteiger partial charge in [0.05, 0.1) is 16.7 Å². The number of aryl methyl sites for hydroxylation is 1. The second-order valence-electron chi connectivity index (χ2n) is 4.84. The van der Waals surface area contributed by atoms with Gasteiger partial charge < -0.3 is 10.3 Å². The highest BCUT2D eigenvalue weighted by Crippen LogP contribution is 2.23. The maximum atomic E-state index is 6.37. The molecule has 1 unspecified atom stereocenters. The van der Waals surface area contributed by atoms with Gasteiger partial charge in [0.2, 0.25) is 0 Å². The Hall–Kier alpha value is -2.20. The van der Waals surface area contributed by atoms with Crippen LogP contribution in [0.15, 0.2) is 48.7 Å². The Morgan fingerprint density at radius 3 is 2.70 bits per heavy atom. The van der Waals surface area contributed by atoms with Gasteiger partial charge in [0, 0.05) is 12.7 Å². The number of hydrogen-bond donors (Lipinski definition) is 1. The van der Waals surface area contributed by atoms with Crippen molar-refractivity contribution >= 4 is 11.0 Å². The molecule has 3 rings (SSSR count). The third-order valence-electron chi connectivity index (χ3n) is 3.42. The lowest BCUT2D eigenvalue weighted by Gasteiger charge is -2.13. The smallest absolute Gasteiger partial charge is 0.133 e. The first-order valence-electron chi connectivity index (χ1n) is 6.93. The van der Waals surface area contributed by atoms with Crippen LogP contribution in [0.2, 0.25) is 0 Å². The van der Waals surface area contributed by atoms with Crippen LogP contribution in [0, 0.1) is 0 Å². The summed E-state index contributed by atoms with van der Waals surface area (Å²) in [7, 11) is 0. The normalized spacial score (nSPS) is 12.7. The summed E-state index contributed by atoms with van der Waals surface area (Å²) in [5.74, 6) is 0.881. The predicted octanol–water partition coefficient (Wildman–Crippen LogP) is 2.89. The van der Waals surface area contributed by atoms with Crippen LogP contribution in [0.25, 0.3) is 11.0 Å². The molecule has 0 amide bonds. The molecule has 1 atom stereocenters. The molecule has 1 aromatic carbocycles. The molecule has 2 N–H and O–H groups in total. The molecule has 0 saturated carbocycles. The molecule has 0 aliphatic rings. The van der Waals surface area contributed by atoms with Crippen molar-refractivity contribution in [1.29, 1.82) is 0 Å². The second kappa shape index (κ2) is 5.43. The van der Waals surface area contributed by atoms with Crippen molar-refractivity contribution < 1.29 is 0 Å². The van der Waals surface area contributed by atoms with Crippen molar-refractivity contribution in [2.45, 2.75) is 25.9 Å². The van der Waals surface area contributed by atoms with E-state index in [4.69, 9.17) is 10.7 Å². The number of rotatable bonds is 4. The number of benzene rings is 1. The minimum atomic E-state index is -0.296. The number of hydrogen-bond acceptors (Lipinski definition) is 3. The van der Waals surface area contributed by atoms with E-state index in [2.05, 4.69) is 22.5 Å². The maximum absolute atomic E-state index is 6.37. The molecule has 2 heterocycles. The number of para-hydroxylation sites is 2. The fraction of sp³-hybridized carbons (Fsp3) is 0.250. The van der Waals surface area contributed by atoms with Gasteiger partial charge >= 0.3 is 0 Å². The van der Waals surface area contributed by atoms with Gasteiger partial charge in [-0.25, -0.2) is 4.98 Å². The molecular weight excluding hydrogens is 248 g/mol. The van der Waals surface area contributed by atoms with Crippen molar-refractivity contribution in [1.82, 2.24) is 14.5 Å². The zero-order valence-electron chi connectivity index (χ0n) is 11.5. The van der Waals surface area contributed by atoms with Gasteiger partial charge in [0.25, 0.3) is 0 Å². The molecule has 4 heteroatoms. The van der Waals surface area contributed by atoms with Crippen LogP contribution >= 0.6 is 0 Å². The van der Waals surface area contributed by atoms with Gasteiger partial charge in [0.1, 0.15) is 11.9 Å². The fourth-order valence-electron chi connectivity index (χ4n) is 2.48. The van der Waals surface area contributed by atoms with Crippen molar-refractivity contribution in [3.05, 3.63) is 60.2 Å². The zero-order valence-corrected chi connectivity index (χ0v) is 11.5. The summed E-state index contributed by atoms with van der Waals surface area (Å²) < 4.78 is 2.20. The molecule has 0 bridgehead atoms. The average Bonchev–Trinajstić information content (AvgIpc) is 2.87. The summed E-state index contributed by atoms with van der Waals surface area (Å²) in [5, 5.41) is 0. The molecule has 0 aliphatic heterocycles. The second-order valence-corrected chi connectivity index (χ2v) is 4.84. The molecule has 2 aromatic heterocycles. The summed E-state index contributed by atoms with van der Waals surface area (Å²) in [6.07, 6.45) is 2.81. The van der Waals surface area contributed by atoms with Crippen LogP contribution in [0.4, 0.5) is 0 Å². The molecule has 0 spiro atoms. The molecule has 4 nitrogen and oxygen atoms in total. The van der Waals surface area contributed by atoms with E-state index in [1.807, 2.05) is 36.4 Å². The first kappa shape index (κ1) is 12.8. The molecule has 0 saturated heterocycles. The van der Waals surface area contributed by atoms with E-state index < -0.39 is 0 Å². The maximum Gasteiger partial charge on any atom is 0.133 e. The molecule has 102 valence electrons. The average molecular weight is 266 g/mol. The molecule has 0 radical (unpaired) electrons. The molecular formula is C16H18N4. The zero-order chi connectivity index (χ0) is 13.9. The summed E-state index contributed by atoms with van der Waals surface area (Å²) in [4.78, 5) is 9.05. The highest BCUT2D eigenvalue weighted by atomic mass is 15.1. The van der Waals surface area contributed by atoms with Crippen LogP contribution in [-0.4, -0.2) is 14.5 Å². The quantitative estimate of drug-likeness (QED) is 0.790. The monoisotopic (exact) mass is 266 g/mol. The molecule has 3 aromatic rings. The standard InChI is InChI=1S/C16H18N4/c1-2-11-20-14-9-4-3-7-12(14)19-16(20)15(17)13-8-5-6-10-18-13/h3-10,15H,2,11,17H2,1H3.